The van der Waals surface area contributed by atoms with Gasteiger partial charge in [-0.05, 0) is 42.5 Å². The van der Waals surface area contributed by atoms with Gasteiger partial charge in [-0.1, -0.05) is 36.0 Å². The van der Waals surface area contributed by atoms with Gasteiger partial charge >= 0.3 is 0 Å². The number of nitrogens with zero attached hydrogens (tertiary/aromatic N) is 4. The normalized spacial score (nSPS) is 11.2. The lowest BCUT2D eigenvalue weighted by molar-refractivity contribution is -0.0377. The second-order valence-corrected chi connectivity index (χ2v) is 7.42. The number of fused-ring (bicyclic) bond motifs is 1. The van der Waals surface area contributed by atoms with Gasteiger partial charge in [0.2, 0.25) is 0 Å². The molecule has 4 rings (SSSR count). The molecular weight excluding hydrogens is 384 g/mol. The van der Waals surface area contributed by atoms with Gasteiger partial charge in [0.15, 0.2) is 0 Å². The SMILES string of the molecule is CN(O)C(=O)c1ccccc1Sc1ccc2cnn(C=Cc3ccccn3)c2c1. The standard InChI is InChI=1S/C22H18N4O2S/c1-25(28)22(27)19-7-2-3-8-21(19)29-18-10-9-16-15-24-26(20(16)14-18)13-11-17-6-4-5-12-23-17/h2-15,28H,1H3. The maximum atomic E-state index is 12.2. The summed E-state index contributed by atoms with van der Waals surface area (Å²) in [5.41, 5.74) is 2.25. The van der Waals surface area contributed by atoms with Crippen LogP contribution in [0.2, 0.25) is 0 Å². The summed E-state index contributed by atoms with van der Waals surface area (Å²) < 4.78 is 1.80. The van der Waals surface area contributed by atoms with Gasteiger partial charge in [0.1, 0.15) is 0 Å². The highest BCUT2D eigenvalue weighted by Gasteiger charge is 2.15. The third-order valence-corrected chi connectivity index (χ3v) is 5.35. The first-order valence-corrected chi connectivity index (χ1v) is 9.74. The van der Waals surface area contributed by atoms with E-state index in [0.717, 1.165) is 26.4 Å². The number of benzene rings is 2. The van der Waals surface area contributed by atoms with Crippen LogP contribution in [0.1, 0.15) is 16.1 Å². The fourth-order valence-corrected chi connectivity index (χ4v) is 3.83. The van der Waals surface area contributed by atoms with Crippen LogP contribution in [0.15, 0.2) is 82.8 Å². The highest BCUT2D eigenvalue weighted by Crippen LogP contribution is 2.33. The zero-order valence-corrected chi connectivity index (χ0v) is 16.5. The number of hydroxylamine groups is 2. The maximum Gasteiger partial charge on any atom is 0.278 e. The summed E-state index contributed by atoms with van der Waals surface area (Å²) in [4.78, 5) is 18.3. The smallest absolute Gasteiger partial charge is 0.278 e. The van der Waals surface area contributed by atoms with E-state index in [-0.39, 0.29) is 0 Å². The fraction of sp³-hybridized carbons (Fsp3) is 0.0455. The van der Waals surface area contributed by atoms with Crippen LogP contribution in [0.25, 0.3) is 23.2 Å². The lowest BCUT2D eigenvalue weighted by Crippen LogP contribution is -2.22. The van der Waals surface area contributed by atoms with E-state index in [4.69, 9.17) is 0 Å². The lowest BCUT2D eigenvalue weighted by atomic mass is 10.2. The number of aromatic nitrogens is 3. The molecule has 0 aliphatic carbocycles. The van der Waals surface area contributed by atoms with Gasteiger partial charge in [-0.3, -0.25) is 15.0 Å². The van der Waals surface area contributed by atoms with Crippen LogP contribution < -0.4 is 0 Å². The zero-order chi connectivity index (χ0) is 20.2. The minimum Gasteiger partial charge on any atom is -0.286 e. The van der Waals surface area contributed by atoms with Crippen molar-refractivity contribution in [3.05, 3.63) is 84.3 Å². The molecule has 4 aromatic rings. The van der Waals surface area contributed by atoms with Crippen LogP contribution in [-0.4, -0.2) is 38.0 Å². The molecule has 7 heteroatoms. The van der Waals surface area contributed by atoms with Crippen LogP contribution in [-0.2, 0) is 0 Å². The van der Waals surface area contributed by atoms with Gasteiger partial charge in [-0.25, -0.2) is 9.75 Å². The molecular formula is C22H18N4O2S. The lowest BCUT2D eigenvalue weighted by Gasteiger charge is -2.12. The molecule has 0 saturated heterocycles. The molecule has 0 radical (unpaired) electrons. The minimum atomic E-state index is -0.447. The molecule has 2 aromatic heterocycles. The Labute approximate surface area is 172 Å². The van der Waals surface area contributed by atoms with Crippen LogP contribution >= 0.6 is 11.8 Å². The highest BCUT2D eigenvalue weighted by atomic mass is 32.2. The second kappa shape index (κ2) is 8.30. The van der Waals surface area contributed by atoms with Crippen molar-refractivity contribution in [3.63, 3.8) is 0 Å². The van der Waals surface area contributed by atoms with E-state index in [1.807, 2.05) is 67.0 Å². The average Bonchev–Trinajstić information content (AvgIpc) is 3.15. The Morgan fingerprint density at radius 2 is 1.97 bits per heavy atom. The largest absolute Gasteiger partial charge is 0.286 e. The fourth-order valence-electron chi connectivity index (χ4n) is 2.86. The zero-order valence-electron chi connectivity index (χ0n) is 15.6. The van der Waals surface area contributed by atoms with Gasteiger partial charge in [0, 0.05) is 34.6 Å². The molecule has 1 amide bonds. The van der Waals surface area contributed by atoms with Gasteiger partial charge < -0.3 is 0 Å². The van der Waals surface area contributed by atoms with Gasteiger partial charge in [0.25, 0.3) is 5.91 Å². The Morgan fingerprint density at radius 3 is 2.76 bits per heavy atom. The molecule has 0 bridgehead atoms. The van der Waals surface area contributed by atoms with E-state index < -0.39 is 5.91 Å². The van der Waals surface area contributed by atoms with Gasteiger partial charge in [-0.2, -0.15) is 5.10 Å². The molecule has 2 aromatic carbocycles. The average molecular weight is 402 g/mol. The summed E-state index contributed by atoms with van der Waals surface area (Å²) in [6.07, 6.45) is 7.33. The van der Waals surface area contributed by atoms with E-state index in [1.54, 1.807) is 23.0 Å². The van der Waals surface area contributed by atoms with E-state index in [0.29, 0.717) is 10.6 Å². The summed E-state index contributed by atoms with van der Waals surface area (Å²) in [6, 6.07) is 19.0. The van der Waals surface area contributed by atoms with Crippen molar-refractivity contribution in [1.29, 1.82) is 0 Å². The molecule has 0 aliphatic heterocycles. The highest BCUT2D eigenvalue weighted by molar-refractivity contribution is 7.99. The van der Waals surface area contributed by atoms with Crippen LogP contribution in [0, 0.1) is 0 Å². The monoisotopic (exact) mass is 402 g/mol. The molecule has 0 unspecified atom stereocenters. The summed E-state index contributed by atoms with van der Waals surface area (Å²) >= 11 is 1.47. The Morgan fingerprint density at radius 1 is 1.14 bits per heavy atom. The molecule has 0 aliphatic rings. The predicted octanol–water partition coefficient (Wildman–Crippen LogP) is 4.67. The molecule has 29 heavy (non-hydrogen) atoms. The number of amides is 1. The van der Waals surface area contributed by atoms with E-state index in [9.17, 15) is 10.0 Å². The summed E-state index contributed by atoms with van der Waals surface area (Å²) in [5, 5.41) is 15.6. The summed E-state index contributed by atoms with van der Waals surface area (Å²) in [6.45, 7) is 0. The third-order valence-electron chi connectivity index (χ3n) is 4.28. The first kappa shape index (κ1) is 18.9. The number of pyridine rings is 1. The summed E-state index contributed by atoms with van der Waals surface area (Å²) in [5.74, 6) is -0.447. The van der Waals surface area contributed by atoms with Crippen molar-refractivity contribution in [2.24, 2.45) is 0 Å². The topological polar surface area (TPSA) is 71.2 Å². The van der Waals surface area contributed by atoms with Crippen molar-refractivity contribution in [2.75, 3.05) is 7.05 Å². The number of hydrogen-bond donors (Lipinski definition) is 1. The minimum absolute atomic E-state index is 0.447. The molecule has 2 heterocycles. The number of rotatable bonds is 5. The Balaban J connectivity index is 1.65. The molecule has 1 N–H and O–H groups in total. The third kappa shape index (κ3) is 4.21. The van der Waals surface area contributed by atoms with Crippen molar-refractivity contribution in [2.45, 2.75) is 9.79 Å². The van der Waals surface area contributed by atoms with E-state index in [2.05, 4.69) is 10.1 Å². The van der Waals surface area contributed by atoms with E-state index >= 15 is 0 Å². The molecule has 0 spiro atoms. The van der Waals surface area contributed by atoms with Gasteiger partial charge in [0.05, 0.1) is 23.0 Å². The quantitative estimate of drug-likeness (QED) is 0.388. The predicted molar refractivity (Wildman–Crippen MR) is 114 cm³/mol. The Bertz CT molecular complexity index is 1190. The molecule has 6 nitrogen and oxygen atoms in total. The van der Waals surface area contributed by atoms with E-state index in [1.165, 1.54) is 18.8 Å². The van der Waals surface area contributed by atoms with Crippen LogP contribution in [0.5, 0.6) is 0 Å². The number of hydrogen-bond acceptors (Lipinski definition) is 5. The van der Waals surface area contributed by atoms with Crippen molar-refractivity contribution < 1.29 is 10.0 Å². The molecule has 0 saturated carbocycles. The van der Waals surface area contributed by atoms with Crippen molar-refractivity contribution in [1.82, 2.24) is 19.8 Å². The van der Waals surface area contributed by atoms with Gasteiger partial charge in [-0.15, -0.1) is 0 Å². The number of carbonyl (C=O) groups excluding carboxylic acids is 1. The van der Waals surface area contributed by atoms with Crippen LogP contribution in [0.4, 0.5) is 0 Å². The summed E-state index contributed by atoms with van der Waals surface area (Å²) in [7, 11) is 1.32. The molecule has 144 valence electrons. The molecule has 0 fully saturated rings. The number of carbonyl (C=O) groups is 1. The Hall–Kier alpha value is -3.42. The van der Waals surface area contributed by atoms with Crippen LogP contribution in [0.3, 0.4) is 0 Å². The van der Waals surface area contributed by atoms with Crippen molar-refractivity contribution >= 4 is 40.8 Å². The Kier molecular flexibility index (Phi) is 5.41. The first-order chi connectivity index (χ1) is 14.1. The second-order valence-electron chi connectivity index (χ2n) is 6.31. The maximum absolute atomic E-state index is 12.2. The first-order valence-electron chi connectivity index (χ1n) is 8.92. The molecule has 0 atom stereocenters. The van der Waals surface area contributed by atoms with Crippen molar-refractivity contribution in [3.8, 4) is 0 Å².